The van der Waals surface area contributed by atoms with E-state index in [1.54, 1.807) is 4.90 Å². The van der Waals surface area contributed by atoms with Crippen LogP contribution in [0.1, 0.15) is 137 Å². The average molecular weight is 786 g/mol. The summed E-state index contributed by atoms with van der Waals surface area (Å²) in [6.45, 7) is 11.5. The van der Waals surface area contributed by atoms with Gasteiger partial charge in [-0.2, -0.15) is 0 Å². The number of sulfonamides is 1. The Bertz CT molecular complexity index is 1720. The Morgan fingerprint density at radius 1 is 0.891 bits per heavy atom. The molecule has 0 bridgehead atoms. The van der Waals surface area contributed by atoms with Crippen LogP contribution in [0.5, 0.6) is 0 Å². The van der Waals surface area contributed by atoms with Gasteiger partial charge in [0, 0.05) is 30.7 Å². The highest BCUT2D eigenvalue weighted by molar-refractivity contribution is 7.90. The minimum absolute atomic E-state index is 0.0339. The van der Waals surface area contributed by atoms with Crippen molar-refractivity contribution in [1.82, 2.24) is 14.9 Å². The van der Waals surface area contributed by atoms with E-state index in [4.69, 9.17) is 9.47 Å². The smallest absolute Gasteiger partial charge is 0.408 e. The van der Waals surface area contributed by atoms with Crippen molar-refractivity contribution >= 4 is 39.5 Å². The molecular formula is C42H63N3O9S. The summed E-state index contributed by atoms with van der Waals surface area (Å²) in [6, 6.07) is -1.54. The van der Waals surface area contributed by atoms with E-state index < -0.39 is 56.1 Å². The third-order valence-corrected chi connectivity index (χ3v) is 18.1. The fourth-order valence-electron chi connectivity index (χ4n) is 12.0. The van der Waals surface area contributed by atoms with E-state index in [0.29, 0.717) is 51.4 Å². The van der Waals surface area contributed by atoms with Crippen LogP contribution in [0.25, 0.3) is 0 Å². The molecule has 6 saturated carbocycles. The monoisotopic (exact) mass is 785 g/mol. The van der Waals surface area contributed by atoms with Crippen LogP contribution < -0.4 is 10.0 Å². The van der Waals surface area contributed by atoms with Crippen LogP contribution in [0.3, 0.4) is 0 Å². The van der Waals surface area contributed by atoms with E-state index in [2.05, 4.69) is 23.9 Å². The predicted octanol–water partition coefficient (Wildman–Crippen LogP) is 5.46. The van der Waals surface area contributed by atoms with Crippen molar-refractivity contribution in [3.8, 4) is 0 Å². The van der Waals surface area contributed by atoms with Gasteiger partial charge in [0.25, 0.3) is 0 Å². The Hall–Kier alpha value is -2.54. The summed E-state index contributed by atoms with van der Waals surface area (Å²) in [5.41, 5.74) is -1.99. The molecule has 6 aliphatic carbocycles. The van der Waals surface area contributed by atoms with E-state index in [1.165, 1.54) is 0 Å². The molecule has 0 aromatic rings. The summed E-state index contributed by atoms with van der Waals surface area (Å²) in [5.74, 6) is -1.68. The second-order valence-corrected chi connectivity index (χ2v) is 22.6. The molecule has 55 heavy (non-hydrogen) atoms. The van der Waals surface area contributed by atoms with E-state index in [9.17, 15) is 27.6 Å². The summed E-state index contributed by atoms with van der Waals surface area (Å²) in [4.78, 5) is 73.2. The number of carbonyl (C=O) groups excluding carboxylic acids is 5. The number of Topliss-reactive ketones (excluding diaryl/α,β-unsaturated/α-hetero) is 2. The van der Waals surface area contributed by atoms with Gasteiger partial charge in [-0.1, -0.05) is 60.3 Å². The second-order valence-electron chi connectivity index (χ2n) is 20.6. The maximum atomic E-state index is 15.2. The van der Waals surface area contributed by atoms with Gasteiger partial charge in [-0.15, -0.1) is 0 Å². The van der Waals surface area contributed by atoms with E-state index in [0.717, 1.165) is 64.2 Å². The molecule has 0 aromatic heterocycles. The predicted molar refractivity (Wildman–Crippen MR) is 203 cm³/mol. The summed E-state index contributed by atoms with van der Waals surface area (Å²) in [5, 5.41) is 2.35. The third-order valence-electron chi connectivity index (χ3n) is 16.3. The first-order valence-electron chi connectivity index (χ1n) is 21.3. The van der Waals surface area contributed by atoms with Crippen molar-refractivity contribution in [3.05, 3.63) is 0 Å². The molecule has 0 radical (unpaired) electrons. The van der Waals surface area contributed by atoms with Gasteiger partial charge >= 0.3 is 6.09 Å². The quantitative estimate of drug-likeness (QED) is 0.233. The highest BCUT2D eigenvalue weighted by Crippen LogP contribution is 2.88. The van der Waals surface area contributed by atoms with Crippen molar-refractivity contribution in [1.29, 1.82) is 0 Å². The molecule has 2 N–H and O–H groups in total. The van der Waals surface area contributed by atoms with Gasteiger partial charge in [0.15, 0.2) is 17.7 Å². The number of alkyl carbamates (subject to hydrolysis) is 1. The highest BCUT2D eigenvalue weighted by atomic mass is 32.2. The van der Waals surface area contributed by atoms with Crippen molar-refractivity contribution in [2.75, 3.05) is 19.8 Å². The fraction of sp³-hybridized carbons (Fsp3) is 0.881. The van der Waals surface area contributed by atoms with Gasteiger partial charge in [0.2, 0.25) is 21.8 Å². The Balaban J connectivity index is 1.06. The Morgan fingerprint density at radius 3 is 2.09 bits per heavy atom. The van der Waals surface area contributed by atoms with Gasteiger partial charge in [-0.25, -0.2) is 13.2 Å². The number of nitrogens with one attached hydrogen (secondary N) is 2. The number of carbonyl (C=O) groups is 5. The third kappa shape index (κ3) is 6.66. The van der Waals surface area contributed by atoms with Gasteiger partial charge in [-0.3, -0.25) is 23.9 Å². The normalized spacial score (nSPS) is 33.6. The van der Waals surface area contributed by atoms with Crippen LogP contribution in [-0.4, -0.2) is 86.0 Å². The fourth-order valence-corrected chi connectivity index (χ4v) is 13.4. The first kappa shape index (κ1) is 39.3. The van der Waals surface area contributed by atoms with E-state index in [1.807, 2.05) is 20.8 Å². The van der Waals surface area contributed by atoms with Crippen molar-refractivity contribution in [2.24, 2.45) is 50.7 Å². The molecule has 2 saturated heterocycles. The van der Waals surface area contributed by atoms with Gasteiger partial charge in [0.05, 0.1) is 36.0 Å². The molecule has 2 spiro atoms. The Morgan fingerprint density at radius 2 is 1.56 bits per heavy atom. The van der Waals surface area contributed by atoms with Crippen molar-refractivity contribution < 1.29 is 41.9 Å². The molecule has 2 heterocycles. The lowest BCUT2D eigenvalue weighted by molar-refractivity contribution is -0.146. The van der Waals surface area contributed by atoms with Crippen LogP contribution in [0.2, 0.25) is 0 Å². The van der Waals surface area contributed by atoms with Crippen molar-refractivity contribution in [3.63, 3.8) is 0 Å². The molecule has 306 valence electrons. The average Bonchev–Trinajstić information content (AvgIpc) is 3.91. The van der Waals surface area contributed by atoms with Crippen LogP contribution >= 0.6 is 0 Å². The molecule has 8 fully saturated rings. The molecule has 3 amide bonds. The molecule has 0 aromatic carbocycles. The van der Waals surface area contributed by atoms with Gasteiger partial charge in [-0.05, 0) is 98.2 Å². The topological polar surface area (TPSA) is 165 Å². The Labute approximate surface area is 326 Å². The molecular weight excluding hydrogens is 723 g/mol. The van der Waals surface area contributed by atoms with E-state index in [-0.39, 0.29) is 64.5 Å². The lowest BCUT2D eigenvalue weighted by Gasteiger charge is -2.37. The zero-order valence-electron chi connectivity index (χ0n) is 33.6. The minimum atomic E-state index is -3.79. The van der Waals surface area contributed by atoms with E-state index >= 15 is 4.79 Å². The zero-order chi connectivity index (χ0) is 39.3. The molecule has 8 rings (SSSR count). The highest BCUT2D eigenvalue weighted by Gasteiger charge is 2.85. The number of rotatable bonds is 14. The number of likely N-dealkylation sites (tertiary alicyclic amines) is 1. The molecule has 0 unspecified atom stereocenters. The molecule has 8 aliphatic rings. The summed E-state index contributed by atoms with van der Waals surface area (Å²) in [7, 11) is -3.79. The second kappa shape index (κ2) is 13.5. The van der Waals surface area contributed by atoms with Crippen LogP contribution in [-0.2, 0) is 38.7 Å². The number of hydrogen-bond donors (Lipinski definition) is 2. The number of hydrogen-bond acceptors (Lipinski definition) is 9. The molecule has 12 nitrogen and oxygen atoms in total. The number of amides is 3. The van der Waals surface area contributed by atoms with Crippen LogP contribution in [0.4, 0.5) is 4.79 Å². The number of ketones is 2. The number of ether oxygens (including phenoxy) is 2. The molecule has 13 heteroatoms. The molecule has 2 aliphatic heterocycles. The van der Waals surface area contributed by atoms with Crippen LogP contribution in [0, 0.1) is 50.7 Å². The summed E-state index contributed by atoms with van der Waals surface area (Å²) >= 11 is 0. The largest absolute Gasteiger partial charge is 0.441 e. The van der Waals surface area contributed by atoms with Crippen LogP contribution in [0.15, 0.2) is 0 Å². The standard InChI is InChI=1S/C42H63N3O9S/c1-38(2,3)29(18-32(46)34(26-10-7-6-8-11-26)43-37(50)54-27-22-53-23-27)35(48)45-24-42(39(4,5)41(42)16-9-17-41)20-31(45)33(47)21-40(19-30(40)25-12-13-25)36(49)44-55(51,52)28-14-15-28/h25-31,34H,6-24H2,1-5H3,(H,43,50)(H,44,49)/t29-,30+,31+,34+,40-,42-/m1/s1. The lowest BCUT2D eigenvalue weighted by Crippen LogP contribution is -2.52. The zero-order valence-corrected chi connectivity index (χ0v) is 34.4. The maximum Gasteiger partial charge on any atom is 0.408 e. The first-order valence-corrected chi connectivity index (χ1v) is 22.9. The minimum Gasteiger partial charge on any atom is -0.441 e. The summed E-state index contributed by atoms with van der Waals surface area (Å²) in [6.07, 6.45) is 10.7. The van der Waals surface area contributed by atoms with Crippen molar-refractivity contribution in [2.45, 2.75) is 161 Å². The summed E-state index contributed by atoms with van der Waals surface area (Å²) < 4.78 is 38.9. The SMILES string of the molecule is CC(C)(C)[C@H](CC(=O)[C@@H](NC(=O)OC1COC1)C1CCCCC1)C(=O)N1C[C@]2(C[C@H]1C(=O)C[C@]1(C(=O)NS(=O)(=O)C3CC3)C[C@H]1C1CC1)C(C)(C)C21CCC1. The number of fused-ring (bicyclic) bond motifs is 1. The van der Waals surface area contributed by atoms with Gasteiger partial charge < -0.3 is 19.7 Å². The van der Waals surface area contributed by atoms with Gasteiger partial charge in [0.1, 0.15) is 0 Å². The number of nitrogens with zero attached hydrogens (tertiary/aromatic N) is 1. The lowest BCUT2D eigenvalue weighted by atomic mass is 9.73. The molecule has 6 atom stereocenters. The first-order chi connectivity index (χ1) is 25.9. The Kier molecular flexibility index (Phi) is 9.66. The maximum absolute atomic E-state index is 15.2.